The number of hydrogen-bond donors (Lipinski definition) is 1. The zero-order valence-corrected chi connectivity index (χ0v) is 16.3. The summed E-state index contributed by atoms with van der Waals surface area (Å²) in [6.07, 6.45) is 4.13. The van der Waals surface area contributed by atoms with E-state index in [1.165, 1.54) is 12.1 Å². The van der Waals surface area contributed by atoms with Gasteiger partial charge in [-0.3, -0.25) is 9.78 Å². The van der Waals surface area contributed by atoms with Crippen LogP contribution in [0.25, 0.3) is 10.8 Å². The van der Waals surface area contributed by atoms with Crippen molar-refractivity contribution in [2.24, 2.45) is 0 Å². The molecule has 6 nitrogen and oxygen atoms in total. The summed E-state index contributed by atoms with van der Waals surface area (Å²) in [5.74, 6) is 0.446. The maximum Gasteiger partial charge on any atom is 0.273 e. The van der Waals surface area contributed by atoms with Gasteiger partial charge in [0.25, 0.3) is 5.91 Å². The lowest BCUT2D eigenvalue weighted by Crippen LogP contribution is -2.28. The number of fused-ring (bicyclic) bond motifs is 1. The van der Waals surface area contributed by atoms with Crippen LogP contribution in [0.4, 0.5) is 4.39 Å². The van der Waals surface area contributed by atoms with Gasteiger partial charge in [0, 0.05) is 29.2 Å². The van der Waals surface area contributed by atoms with Crippen LogP contribution in [0.1, 0.15) is 41.2 Å². The van der Waals surface area contributed by atoms with Crippen LogP contribution in [0.3, 0.4) is 0 Å². The number of carbonyl (C=O) groups excluding carboxylic acids is 1. The minimum atomic E-state index is -0.364. The maximum atomic E-state index is 13.1. The van der Waals surface area contributed by atoms with E-state index in [1.54, 1.807) is 30.6 Å². The molecule has 152 valence electrons. The fourth-order valence-electron chi connectivity index (χ4n) is 3.20. The highest BCUT2D eigenvalue weighted by Crippen LogP contribution is 2.25. The fourth-order valence-corrected chi connectivity index (χ4v) is 3.20. The van der Waals surface area contributed by atoms with E-state index >= 15 is 0 Å². The molecule has 0 saturated heterocycles. The highest BCUT2D eigenvalue weighted by Gasteiger charge is 2.18. The monoisotopic (exact) mass is 405 g/mol. The van der Waals surface area contributed by atoms with E-state index in [0.717, 1.165) is 16.3 Å². The first-order valence-electron chi connectivity index (χ1n) is 9.61. The molecule has 30 heavy (non-hydrogen) atoms. The molecule has 0 aliphatic carbocycles. The van der Waals surface area contributed by atoms with Crippen LogP contribution in [-0.4, -0.2) is 16.0 Å². The predicted molar refractivity (Wildman–Crippen MR) is 109 cm³/mol. The van der Waals surface area contributed by atoms with E-state index in [1.807, 2.05) is 31.2 Å². The summed E-state index contributed by atoms with van der Waals surface area (Å²) in [7, 11) is 0. The summed E-state index contributed by atoms with van der Waals surface area (Å²) < 4.78 is 24.3. The van der Waals surface area contributed by atoms with Crippen molar-refractivity contribution in [2.75, 3.05) is 0 Å². The van der Waals surface area contributed by atoms with E-state index in [0.29, 0.717) is 17.9 Å². The number of hydrogen-bond acceptors (Lipinski definition) is 5. The zero-order valence-electron chi connectivity index (χ0n) is 16.3. The molecule has 1 N–H and O–H groups in total. The van der Waals surface area contributed by atoms with Crippen LogP contribution in [0, 0.1) is 5.82 Å². The van der Waals surface area contributed by atoms with Crippen molar-refractivity contribution in [1.82, 2.24) is 15.5 Å². The second kappa shape index (κ2) is 8.73. The number of nitrogens with one attached hydrogen (secondary N) is 1. The number of carbonyl (C=O) groups is 1. The number of benzene rings is 2. The van der Waals surface area contributed by atoms with Gasteiger partial charge < -0.3 is 14.6 Å². The topological polar surface area (TPSA) is 77.2 Å². The quantitative estimate of drug-likeness (QED) is 0.477. The summed E-state index contributed by atoms with van der Waals surface area (Å²) in [5, 5.41) is 8.66. The molecule has 1 amide bonds. The normalized spacial score (nSPS) is 11.9. The summed E-state index contributed by atoms with van der Waals surface area (Å²) in [4.78, 5) is 16.7. The molecule has 1 unspecified atom stereocenters. The standard InChI is InChI=1S/C23H20FN3O3/c1-2-20(15-6-8-17(24)9-7-15)26-23(28)21-12-18(30-27-21)14-29-22-5-3-4-16-13-25-11-10-19(16)22/h3-13,20H,2,14H2,1H3,(H,26,28). The van der Waals surface area contributed by atoms with Crippen molar-refractivity contribution >= 4 is 16.7 Å². The molecule has 2 aromatic heterocycles. The van der Waals surface area contributed by atoms with E-state index < -0.39 is 0 Å². The lowest BCUT2D eigenvalue weighted by Gasteiger charge is -2.16. The third-order valence-corrected chi connectivity index (χ3v) is 4.79. The first-order valence-corrected chi connectivity index (χ1v) is 9.61. The van der Waals surface area contributed by atoms with Crippen LogP contribution < -0.4 is 10.1 Å². The Balaban J connectivity index is 1.41. The van der Waals surface area contributed by atoms with Crippen LogP contribution in [0.2, 0.25) is 0 Å². The third-order valence-electron chi connectivity index (χ3n) is 4.79. The van der Waals surface area contributed by atoms with Crippen molar-refractivity contribution in [3.63, 3.8) is 0 Å². The molecule has 4 aromatic rings. The molecule has 2 heterocycles. The second-order valence-corrected chi connectivity index (χ2v) is 6.81. The van der Waals surface area contributed by atoms with Crippen LogP contribution in [0.15, 0.2) is 71.5 Å². The van der Waals surface area contributed by atoms with Gasteiger partial charge in [-0.1, -0.05) is 36.3 Å². The second-order valence-electron chi connectivity index (χ2n) is 6.81. The fraction of sp³-hybridized carbons (Fsp3) is 0.174. The Kier molecular flexibility index (Phi) is 5.70. The molecule has 0 aliphatic heterocycles. The molecule has 2 aromatic carbocycles. The Morgan fingerprint density at radius 3 is 2.83 bits per heavy atom. The van der Waals surface area contributed by atoms with E-state index in [-0.39, 0.29) is 30.1 Å². The van der Waals surface area contributed by atoms with Gasteiger partial charge in [0.15, 0.2) is 11.5 Å². The van der Waals surface area contributed by atoms with E-state index in [2.05, 4.69) is 15.5 Å². The minimum Gasteiger partial charge on any atom is -0.485 e. The van der Waals surface area contributed by atoms with Gasteiger partial charge in [-0.05, 0) is 36.2 Å². The van der Waals surface area contributed by atoms with Gasteiger partial charge in [-0.15, -0.1) is 0 Å². The Hall–Kier alpha value is -3.74. The van der Waals surface area contributed by atoms with Crippen molar-refractivity contribution in [2.45, 2.75) is 26.0 Å². The molecular weight excluding hydrogens is 385 g/mol. The molecular formula is C23H20FN3O3. The molecule has 0 spiro atoms. The molecule has 0 bridgehead atoms. The Labute approximate surface area is 172 Å². The van der Waals surface area contributed by atoms with Crippen molar-refractivity contribution in [3.05, 3.63) is 89.8 Å². The van der Waals surface area contributed by atoms with Gasteiger partial charge >= 0.3 is 0 Å². The van der Waals surface area contributed by atoms with Crippen molar-refractivity contribution in [3.8, 4) is 5.75 Å². The first-order chi connectivity index (χ1) is 14.6. The highest BCUT2D eigenvalue weighted by atomic mass is 19.1. The highest BCUT2D eigenvalue weighted by molar-refractivity contribution is 5.92. The zero-order chi connectivity index (χ0) is 20.9. The summed E-state index contributed by atoms with van der Waals surface area (Å²) in [5.41, 5.74) is 0.987. The van der Waals surface area contributed by atoms with Gasteiger partial charge in [-0.25, -0.2) is 4.39 Å². The van der Waals surface area contributed by atoms with Gasteiger partial charge in [0.05, 0.1) is 6.04 Å². The van der Waals surface area contributed by atoms with Gasteiger partial charge in [-0.2, -0.15) is 0 Å². The summed E-state index contributed by atoms with van der Waals surface area (Å²) >= 11 is 0. The SMILES string of the molecule is CCC(NC(=O)c1cc(COc2cccc3cnccc23)on1)c1ccc(F)cc1. The average Bonchev–Trinajstić information content (AvgIpc) is 3.26. The lowest BCUT2D eigenvalue weighted by atomic mass is 10.0. The first kappa shape index (κ1) is 19.6. The number of nitrogens with zero attached hydrogens (tertiary/aromatic N) is 2. The maximum absolute atomic E-state index is 13.1. The van der Waals surface area contributed by atoms with E-state index in [9.17, 15) is 9.18 Å². The summed E-state index contributed by atoms with van der Waals surface area (Å²) in [6.45, 7) is 2.08. The Morgan fingerprint density at radius 2 is 2.03 bits per heavy atom. The Morgan fingerprint density at radius 1 is 1.20 bits per heavy atom. The minimum absolute atomic E-state index is 0.136. The molecule has 1 atom stereocenters. The summed E-state index contributed by atoms with van der Waals surface area (Å²) in [6, 6.07) is 15.0. The van der Waals surface area contributed by atoms with Crippen molar-refractivity contribution < 1.29 is 18.4 Å². The molecule has 4 rings (SSSR count). The number of rotatable bonds is 7. The van der Waals surface area contributed by atoms with Gasteiger partial charge in [0.1, 0.15) is 18.2 Å². The molecule has 0 aliphatic rings. The molecule has 0 fully saturated rings. The van der Waals surface area contributed by atoms with E-state index in [4.69, 9.17) is 9.26 Å². The van der Waals surface area contributed by atoms with Gasteiger partial charge in [0.2, 0.25) is 0 Å². The smallest absolute Gasteiger partial charge is 0.273 e. The molecule has 0 radical (unpaired) electrons. The van der Waals surface area contributed by atoms with Crippen LogP contribution in [-0.2, 0) is 6.61 Å². The number of amides is 1. The predicted octanol–water partition coefficient (Wildman–Crippen LogP) is 4.82. The largest absolute Gasteiger partial charge is 0.485 e. The third kappa shape index (κ3) is 4.30. The molecule has 7 heteroatoms. The lowest BCUT2D eigenvalue weighted by molar-refractivity contribution is 0.0926. The number of aromatic nitrogens is 2. The Bertz CT molecular complexity index is 1150. The van der Waals surface area contributed by atoms with Crippen LogP contribution in [0.5, 0.6) is 5.75 Å². The van der Waals surface area contributed by atoms with Crippen molar-refractivity contribution in [1.29, 1.82) is 0 Å². The average molecular weight is 405 g/mol. The number of pyridine rings is 1. The van der Waals surface area contributed by atoms with Crippen LogP contribution >= 0.6 is 0 Å². The number of halogens is 1. The molecule has 0 saturated carbocycles. The number of ether oxygens (including phenoxy) is 1.